The lowest BCUT2D eigenvalue weighted by Crippen LogP contribution is -2.34. The maximum atomic E-state index is 12.9. The number of primary sulfonamides is 1. The number of carbonyl (C=O) groups excluding carboxylic acids is 2. The van der Waals surface area contributed by atoms with Gasteiger partial charge in [-0.3, -0.25) is 4.79 Å². The molecule has 1 aliphatic heterocycles. The Labute approximate surface area is 157 Å². The first kappa shape index (κ1) is 19.1. The first-order chi connectivity index (χ1) is 12.9. The third-order valence-electron chi connectivity index (χ3n) is 4.39. The van der Waals surface area contributed by atoms with Crippen molar-refractivity contribution >= 4 is 21.9 Å². The van der Waals surface area contributed by atoms with E-state index < -0.39 is 22.1 Å². The number of carbonyl (C=O) groups is 2. The van der Waals surface area contributed by atoms with E-state index in [2.05, 4.69) is 0 Å². The van der Waals surface area contributed by atoms with E-state index in [0.717, 1.165) is 12.8 Å². The van der Waals surface area contributed by atoms with E-state index in [9.17, 15) is 18.0 Å². The summed E-state index contributed by atoms with van der Waals surface area (Å²) in [4.78, 5) is 27.0. The van der Waals surface area contributed by atoms with Crippen LogP contribution in [-0.2, 0) is 19.6 Å². The minimum Gasteiger partial charge on any atom is -0.444 e. The number of hydrogen-bond donors (Lipinski definition) is 1. The van der Waals surface area contributed by atoms with Gasteiger partial charge in [-0.2, -0.15) is 0 Å². The van der Waals surface area contributed by atoms with Gasteiger partial charge in [0.15, 0.2) is 0 Å². The normalized spacial score (nSPS) is 15.4. The Bertz CT molecular complexity index is 920. The maximum Gasteiger partial charge on any atom is 0.339 e. The molecule has 0 bridgehead atoms. The SMILES string of the molecule is NS(=O)(=O)c1ccc(C(=O)O[C@@H](C(=O)N2CCCC2)c2ccccc2)cc1. The lowest BCUT2D eigenvalue weighted by atomic mass is 10.1. The van der Waals surface area contributed by atoms with Gasteiger partial charge in [0.2, 0.25) is 16.1 Å². The van der Waals surface area contributed by atoms with Gasteiger partial charge in [-0.25, -0.2) is 18.4 Å². The van der Waals surface area contributed by atoms with Crippen LogP contribution in [0.4, 0.5) is 0 Å². The van der Waals surface area contributed by atoms with Gasteiger partial charge >= 0.3 is 5.97 Å². The topological polar surface area (TPSA) is 107 Å². The van der Waals surface area contributed by atoms with Gasteiger partial charge < -0.3 is 9.64 Å². The number of nitrogens with zero attached hydrogens (tertiary/aromatic N) is 1. The van der Waals surface area contributed by atoms with Gasteiger partial charge in [0.1, 0.15) is 0 Å². The molecule has 0 spiro atoms. The van der Waals surface area contributed by atoms with E-state index in [1.54, 1.807) is 29.2 Å². The molecule has 2 aromatic rings. The number of likely N-dealkylation sites (tertiary alicyclic amines) is 1. The third-order valence-corrected chi connectivity index (χ3v) is 5.32. The quantitative estimate of drug-likeness (QED) is 0.787. The summed E-state index contributed by atoms with van der Waals surface area (Å²) < 4.78 is 28.2. The largest absolute Gasteiger partial charge is 0.444 e. The minimum atomic E-state index is -3.85. The fourth-order valence-electron chi connectivity index (χ4n) is 2.95. The summed E-state index contributed by atoms with van der Waals surface area (Å²) in [6.07, 6.45) is 0.807. The molecule has 0 saturated carbocycles. The lowest BCUT2D eigenvalue weighted by molar-refractivity contribution is -0.140. The van der Waals surface area contributed by atoms with Crippen molar-refractivity contribution in [3.05, 3.63) is 65.7 Å². The summed E-state index contributed by atoms with van der Waals surface area (Å²) in [5.41, 5.74) is 0.724. The van der Waals surface area contributed by atoms with Crippen LogP contribution in [-0.4, -0.2) is 38.3 Å². The molecule has 2 N–H and O–H groups in total. The van der Waals surface area contributed by atoms with Crippen LogP contribution in [0.1, 0.15) is 34.9 Å². The van der Waals surface area contributed by atoms with Crippen LogP contribution in [0, 0.1) is 0 Å². The van der Waals surface area contributed by atoms with Crippen LogP contribution in [0.2, 0.25) is 0 Å². The van der Waals surface area contributed by atoms with Crippen molar-refractivity contribution in [2.45, 2.75) is 23.8 Å². The third kappa shape index (κ3) is 4.53. The molecule has 1 aliphatic rings. The molecule has 142 valence electrons. The molecule has 1 atom stereocenters. The highest BCUT2D eigenvalue weighted by atomic mass is 32.2. The second-order valence-electron chi connectivity index (χ2n) is 6.30. The van der Waals surface area contributed by atoms with Crippen molar-refractivity contribution in [3.63, 3.8) is 0 Å². The summed E-state index contributed by atoms with van der Waals surface area (Å²) in [6, 6.07) is 13.9. The second kappa shape index (κ2) is 7.89. The number of nitrogens with two attached hydrogens (primary N) is 1. The average molecular weight is 388 g/mol. The van der Waals surface area contributed by atoms with Gasteiger partial charge in [0.05, 0.1) is 10.5 Å². The van der Waals surface area contributed by atoms with Gasteiger partial charge in [-0.15, -0.1) is 0 Å². The van der Waals surface area contributed by atoms with E-state index in [4.69, 9.17) is 9.88 Å². The molecule has 8 heteroatoms. The van der Waals surface area contributed by atoms with Gasteiger partial charge in [0, 0.05) is 18.7 Å². The molecule has 0 unspecified atom stereocenters. The Kier molecular flexibility index (Phi) is 5.57. The van der Waals surface area contributed by atoms with Crippen LogP contribution in [0.5, 0.6) is 0 Å². The fourth-order valence-corrected chi connectivity index (χ4v) is 3.46. The van der Waals surface area contributed by atoms with Crippen LogP contribution in [0.3, 0.4) is 0 Å². The Morgan fingerprint density at radius 2 is 1.56 bits per heavy atom. The van der Waals surface area contributed by atoms with Crippen LogP contribution < -0.4 is 5.14 Å². The van der Waals surface area contributed by atoms with Crippen molar-refractivity contribution in [2.75, 3.05) is 13.1 Å². The zero-order chi connectivity index (χ0) is 19.4. The minimum absolute atomic E-state index is 0.105. The average Bonchev–Trinajstić information content (AvgIpc) is 3.20. The standard InChI is InChI=1S/C19H20N2O5S/c20-27(24,25)16-10-8-15(9-11-16)19(23)26-17(14-6-2-1-3-7-14)18(22)21-12-4-5-13-21/h1-3,6-11,17H,4-5,12-13H2,(H2,20,24,25)/t17-/m1/s1. The molecule has 0 radical (unpaired) electrons. The number of amides is 1. The first-order valence-electron chi connectivity index (χ1n) is 8.54. The van der Waals surface area contributed by atoms with Crippen molar-refractivity contribution in [1.82, 2.24) is 4.90 Å². The predicted molar refractivity (Wildman–Crippen MR) is 98.2 cm³/mol. The zero-order valence-electron chi connectivity index (χ0n) is 14.6. The molecule has 2 aromatic carbocycles. The molecule has 27 heavy (non-hydrogen) atoms. The Hall–Kier alpha value is -2.71. The van der Waals surface area contributed by atoms with E-state index in [-0.39, 0.29) is 16.4 Å². The van der Waals surface area contributed by atoms with Gasteiger partial charge in [-0.05, 0) is 37.1 Å². The Balaban J connectivity index is 1.83. The molecule has 0 aromatic heterocycles. The van der Waals surface area contributed by atoms with Crippen LogP contribution in [0.15, 0.2) is 59.5 Å². The summed E-state index contributed by atoms with van der Waals surface area (Å²) in [6.45, 7) is 1.28. The summed E-state index contributed by atoms with van der Waals surface area (Å²) in [5.74, 6) is -0.967. The van der Waals surface area contributed by atoms with Crippen molar-refractivity contribution in [1.29, 1.82) is 0 Å². The Morgan fingerprint density at radius 3 is 2.11 bits per heavy atom. The summed E-state index contributed by atoms with van der Waals surface area (Å²) >= 11 is 0. The predicted octanol–water partition coefficient (Wildman–Crippen LogP) is 1.85. The van der Waals surface area contributed by atoms with E-state index in [0.29, 0.717) is 18.7 Å². The van der Waals surface area contributed by atoms with Gasteiger partial charge in [-0.1, -0.05) is 30.3 Å². The molecular weight excluding hydrogens is 368 g/mol. The van der Waals surface area contributed by atoms with Crippen LogP contribution in [0.25, 0.3) is 0 Å². The monoisotopic (exact) mass is 388 g/mol. The second-order valence-corrected chi connectivity index (χ2v) is 7.86. The molecule has 1 heterocycles. The highest BCUT2D eigenvalue weighted by Gasteiger charge is 2.31. The highest BCUT2D eigenvalue weighted by Crippen LogP contribution is 2.24. The van der Waals surface area contributed by atoms with E-state index >= 15 is 0 Å². The summed E-state index contributed by atoms with van der Waals surface area (Å²) in [7, 11) is -3.85. The maximum absolute atomic E-state index is 12.9. The number of benzene rings is 2. The Morgan fingerprint density at radius 1 is 0.963 bits per heavy atom. The summed E-state index contributed by atoms with van der Waals surface area (Å²) in [5, 5.41) is 5.06. The van der Waals surface area contributed by atoms with E-state index in [1.165, 1.54) is 24.3 Å². The number of esters is 1. The van der Waals surface area contributed by atoms with Crippen molar-refractivity contribution < 1.29 is 22.7 Å². The highest BCUT2D eigenvalue weighted by molar-refractivity contribution is 7.89. The molecule has 1 fully saturated rings. The molecule has 3 rings (SSSR count). The molecular formula is C19H20N2O5S. The number of rotatable bonds is 5. The zero-order valence-corrected chi connectivity index (χ0v) is 15.4. The molecule has 1 saturated heterocycles. The van der Waals surface area contributed by atoms with Crippen LogP contribution >= 0.6 is 0 Å². The van der Waals surface area contributed by atoms with Gasteiger partial charge in [0.25, 0.3) is 5.91 Å². The molecule has 7 nitrogen and oxygen atoms in total. The molecule has 0 aliphatic carbocycles. The molecule has 1 amide bonds. The number of ether oxygens (including phenoxy) is 1. The van der Waals surface area contributed by atoms with Crippen molar-refractivity contribution in [3.8, 4) is 0 Å². The lowest BCUT2D eigenvalue weighted by Gasteiger charge is -2.23. The number of sulfonamides is 1. The van der Waals surface area contributed by atoms with Crippen molar-refractivity contribution in [2.24, 2.45) is 5.14 Å². The smallest absolute Gasteiger partial charge is 0.339 e. The first-order valence-corrected chi connectivity index (χ1v) is 10.1. The van der Waals surface area contributed by atoms with E-state index in [1.807, 2.05) is 6.07 Å². The number of hydrogen-bond acceptors (Lipinski definition) is 5. The fraction of sp³-hybridized carbons (Fsp3) is 0.263.